The number of ketones is 1. The molecule has 4 aromatic rings. The van der Waals surface area contributed by atoms with Crippen LogP contribution in [-0.4, -0.2) is 44.2 Å². The Hall–Kier alpha value is -5.51. The lowest BCUT2D eigenvalue weighted by Gasteiger charge is -2.24. The predicted octanol–water partition coefficient (Wildman–Crippen LogP) is 5.73. The Labute approximate surface area is 239 Å². The van der Waals surface area contributed by atoms with Crippen LogP contribution in [0.5, 0.6) is 28.7 Å². The normalized spacial score (nSPS) is 16.4. The number of fused-ring (bicyclic) bond motifs is 3. The Morgan fingerprint density at radius 1 is 0.881 bits per heavy atom. The van der Waals surface area contributed by atoms with Gasteiger partial charge in [-0.15, -0.1) is 0 Å². The minimum atomic E-state index is -1.03. The molecule has 2 aliphatic heterocycles. The Morgan fingerprint density at radius 3 is 2.29 bits per heavy atom. The van der Waals surface area contributed by atoms with Gasteiger partial charge in [0.1, 0.15) is 28.8 Å². The molecular formula is C32H24O10. The standard InChI is InChI=1S/C32H24O10/c1-37-24-15-26(39-3)25(38-2)12-18(24)13-27-30(34)19-8-9-23-29(31(19)42-27)20(14-28(33)41-23)22-11-10-21(40-22)16-4-6-17(7-5-16)32(35)36/h4-13,15,20H,14H2,1-3H3,(H,35,36)/b27-13-/t20-/m0/s1. The van der Waals surface area contributed by atoms with E-state index in [0.717, 1.165) is 0 Å². The van der Waals surface area contributed by atoms with Crippen LogP contribution in [0.25, 0.3) is 17.4 Å². The molecule has 0 unspecified atom stereocenters. The molecule has 0 aliphatic carbocycles. The van der Waals surface area contributed by atoms with Crippen molar-refractivity contribution in [1.82, 2.24) is 0 Å². The van der Waals surface area contributed by atoms with Crippen molar-refractivity contribution in [2.45, 2.75) is 12.3 Å². The Balaban J connectivity index is 1.39. The molecule has 42 heavy (non-hydrogen) atoms. The lowest BCUT2D eigenvalue weighted by molar-refractivity contribution is -0.135. The molecule has 3 heterocycles. The molecule has 1 atom stereocenters. The second kappa shape index (κ2) is 10.5. The number of rotatable bonds is 7. The van der Waals surface area contributed by atoms with Gasteiger partial charge in [-0.1, -0.05) is 12.1 Å². The third-order valence-corrected chi connectivity index (χ3v) is 7.19. The fourth-order valence-electron chi connectivity index (χ4n) is 5.13. The number of Topliss-reactive ketones (excluding diaryl/α,β-unsaturated/α-hetero) is 1. The number of ether oxygens (including phenoxy) is 5. The number of furan rings is 1. The summed E-state index contributed by atoms with van der Waals surface area (Å²) >= 11 is 0. The van der Waals surface area contributed by atoms with Crippen molar-refractivity contribution in [2.75, 3.05) is 21.3 Å². The van der Waals surface area contributed by atoms with E-state index in [4.69, 9.17) is 28.1 Å². The number of allylic oxidation sites excluding steroid dienone is 1. The fraction of sp³-hybridized carbons (Fsp3) is 0.156. The van der Waals surface area contributed by atoms with Gasteiger partial charge in [-0.2, -0.15) is 0 Å². The maximum absolute atomic E-state index is 13.5. The van der Waals surface area contributed by atoms with Gasteiger partial charge >= 0.3 is 11.9 Å². The monoisotopic (exact) mass is 568 g/mol. The first kappa shape index (κ1) is 26.7. The molecule has 10 nitrogen and oxygen atoms in total. The van der Waals surface area contributed by atoms with Crippen molar-refractivity contribution < 1.29 is 47.6 Å². The van der Waals surface area contributed by atoms with E-state index in [1.165, 1.54) is 33.5 Å². The first-order valence-corrected chi connectivity index (χ1v) is 12.9. The maximum atomic E-state index is 13.5. The van der Waals surface area contributed by atoms with Crippen molar-refractivity contribution in [3.05, 3.63) is 94.4 Å². The van der Waals surface area contributed by atoms with E-state index in [9.17, 15) is 19.5 Å². The van der Waals surface area contributed by atoms with Crippen LogP contribution in [-0.2, 0) is 4.79 Å². The Bertz CT molecular complexity index is 1780. The molecule has 0 spiro atoms. The molecule has 0 amide bonds. The summed E-state index contributed by atoms with van der Waals surface area (Å²) in [5, 5.41) is 9.18. The van der Waals surface area contributed by atoms with E-state index < -0.39 is 17.9 Å². The van der Waals surface area contributed by atoms with Crippen LogP contribution in [0.4, 0.5) is 0 Å². The predicted molar refractivity (Wildman–Crippen MR) is 149 cm³/mol. The van der Waals surface area contributed by atoms with E-state index in [2.05, 4.69) is 0 Å². The van der Waals surface area contributed by atoms with E-state index in [-0.39, 0.29) is 35.0 Å². The number of carbonyl (C=O) groups excluding carboxylic acids is 2. The highest BCUT2D eigenvalue weighted by molar-refractivity contribution is 6.15. The molecule has 6 rings (SSSR count). The maximum Gasteiger partial charge on any atom is 0.335 e. The molecule has 0 bridgehead atoms. The zero-order valence-electron chi connectivity index (χ0n) is 22.8. The van der Waals surface area contributed by atoms with Gasteiger partial charge in [0.05, 0.1) is 44.8 Å². The average molecular weight is 569 g/mol. The van der Waals surface area contributed by atoms with Crippen LogP contribution in [0, 0.1) is 0 Å². The number of esters is 1. The summed E-state index contributed by atoms with van der Waals surface area (Å²) in [6, 6.07) is 16.2. The van der Waals surface area contributed by atoms with Crippen LogP contribution < -0.4 is 23.7 Å². The number of carboxylic acids is 1. The van der Waals surface area contributed by atoms with Gasteiger partial charge < -0.3 is 33.2 Å². The van der Waals surface area contributed by atoms with Gasteiger partial charge in [-0.05, 0) is 48.5 Å². The summed E-state index contributed by atoms with van der Waals surface area (Å²) < 4.78 is 34.1. The lowest BCUT2D eigenvalue weighted by atomic mass is 9.88. The second-order valence-electron chi connectivity index (χ2n) is 9.56. The highest BCUT2D eigenvalue weighted by Crippen LogP contribution is 2.50. The van der Waals surface area contributed by atoms with E-state index >= 15 is 0 Å². The minimum absolute atomic E-state index is 0.0333. The van der Waals surface area contributed by atoms with Gasteiger partial charge in [0.15, 0.2) is 17.3 Å². The zero-order chi connectivity index (χ0) is 29.5. The first-order chi connectivity index (χ1) is 20.3. The summed E-state index contributed by atoms with van der Waals surface area (Å²) in [5.41, 5.74) is 2.20. The number of hydrogen-bond donors (Lipinski definition) is 1. The summed E-state index contributed by atoms with van der Waals surface area (Å²) in [6.07, 6.45) is 1.53. The molecule has 0 saturated carbocycles. The number of carbonyl (C=O) groups is 3. The molecular weight excluding hydrogens is 544 g/mol. The van der Waals surface area contributed by atoms with E-state index in [1.54, 1.807) is 54.6 Å². The van der Waals surface area contributed by atoms with Gasteiger partial charge in [-0.25, -0.2) is 4.79 Å². The summed E-state index contributed by atoms with van der Waals surface area (Å²) in [5.74, 6) is 0.509. The molecule has 0 fully saturated rings. The van der Waals surface area contributed by atoms with Gasteiger partial charge in [-0.3, -0.25) is 9.59 Å². The van der Waals surface area contributed by atoms with Crippen LogP contribution in [0.15, 0.2) is 70.8 Å². The second-order valence-corrected chi connectivity index (χ2v) is 9.56. The third-order valence-electron chi connectivity index (χ3n) is 7.19. The van der Waals surface area contributed by atoms with Crippen molar-refractivity contribution in [1.29, 1.82) is 0 Å². The third kappa shape index (κ3) is 4.52. The highest BCUT2D eigenvalue weighted by atomic mass is 16.5. The van der Waals surface area contributed by atoms with Crippen molar-refractivity contribution in [3.63, 3.8) is 0 Å². The molecule has 3 aromatic carbocycles. The van der Waals surface area contributed by atoms with Gasteiger partial charge in [0, 0.05) is 22.8 Å². The van der Waals surface area contributed by atoms with E-state index in [1.807, 2.05) is 0 Å². The van der Waals surface area contributed by atoms with Crippen LogP contribution >= 0.6 is 0 Å². The topological polar surface area (TPSA) is 131 Å². The van der Waals surface area contributed by atoms with Crippen molar-refractivity contribution in [2.24, 2.45) is 0 Å². The number of aromatic carboxylic acids is 1. The first-order valence-electron chi connectivity index (χ1n) is 12.9. The van der Waals surface area contributed by atoms with Crippen molar-refractivity contribution >= 4 is 23.8 Å². The zero-order valence-corrected chi connectivity index (χ0v) is 22.8. The van der Waals surface area contributed by atoms with Crippen LogP contribution in [0.3, 0.4) is 0 Å². The quantitative estimate of drug-likeness (QED) is 0.168. The summed E-state index contributed by atoms with van der Waals surface area (Å²) in [6.45, 7) is 0. The van der Waals surface area contributed by atoms with Crippen LogP contribution in [0.2, 0.25) is 0 Å². The van der Waals surface area contributed by atoms with Gasteiger partial charge in [0.25, 0.3) is 0 Å². The molecule has 1 N–H and O–H groups in total. The smallest absolute Gasteiger partial charge is 0.335 e. The van der Waals surface area contributed by atoms with E-state index in [0.29, 0.717) is 51.0 Å². The minimum Gasteiger partial charge on any atom is -0.496 e. The Morgan fingerprint density at radius 2 is 1.60 bits per heavy atom. The number of hydrogen-bond acceptors (Lipinski definition) is 9. The van der Waals surface area contributed by atoms with Crippen molar-refractivity contribution in [3.8, 4) is 40.1 Å². The fourth-order valence-corrected chi connectivity index (χ4v) is 5.13. The molecule has 1 aromatic heterocycles. The number of methoxy groups -OCH3 is 3. The number of benzene rings is 3. The average Bonchev–Trinajstić information content (AvgIpc) is 3.61. The largest absolute Gasteiger partial charge is 0.496 e. The Kier molecular flexibility index (Phi) is 6.66. The molecule has 0 saturated heterocycles. The molecule has 10 heteroatoms. The molecule has 212 valence electrons. The van der Waals surface area contributed by atoms with Crippen LogP contribution in [0.1, 0.15) is 49.9 Å². The summed E-state index contributed by atoms with van der Waals surface area (Å²) in [4.78, 5) is 37.3. The van der Waals surface area contributed by atoms with Gasteiger partial charge in [0.2, 0.25) is 5.78 Å². The SMILES string of the molecule is COc1cc(OC)c(OC)cc1/C=C1\Oc2c(ccc3c2[C@H](c2ccc(-c4ccc(C(=O)O)cc4)o2)CC(=O)O3)C1=O. The molecule has 2 aliphatic rings. The number of carboxylic acid groups (broad SMARTS) is 1. The highest BCUT2D eigenvalue weighted by Gasteiger charge is 2.40. The lowest BCUT2D eigenvalue weighted by Crippen LogP contribution is -2.21. The summed E-state index contributed by atoms with van der Waals surface area (Å²) in [7, 11) is 4.52. The molecule has 0 radical (unpaired) electrons.